The monoisotopic (exact) mass is 226 g/mol. The molecule has 0 radical (unpaired) electrons. The normalized spacial score (nSPS) is 31.0. The van der Waals surface area contributed by atoms with Crippen molar-refractivity contribution >= 4 is 5.97 Å². The van der Waals surface area contributed by atoms with Gasteiger partial charge >= 0.3 is 5.97 Å². The van der Waals surface area contributed by atoms with Crippen LogP contribution >= 0.6 is 0 Å². The van der Waals surface area contributed by atoms with Gasteiger partial charge in [-0.3, -0.25) is 0 Å². The largest absolute Gasteiger partial charge is 0.459 e. The molecular weight excluding hydrogens is 208 g/mol. The van der Waals surface area contributed by atoms with Gasteiger partial charge in [0.15, 0.2) is 5.79 Å². The third-order valence-electron chi connectivity index (χ3n) is 2.97. The fourth-order valence-corrected chi connectivity index (χ4v) is 2.07. The quantitative estimate of drug-likeness (QED) is 0.543. The van der Waals surface area contributed by atoms with Crippen molar-refractivity contribution in [2.45, 2.75) is 45.0 Å². The summed E-state index contributed by atoms with van der Waals surface area (Å²) in [4.78, 5) is 11.3. The second kappa shape index (κ2) is 4.55. The van der Waals surface area contributed by atoms with Crippen LogP contribution in [0.3, 0.4) is 0 Å². The molecule has 0 saturated carbocycles. The number of hydrogen-bond acceptors (Lipinski definition) is 4. The molecule has 0 spiro atoms. The van der Waals surface area contributed by atoms with Crippen LogP contribution in [-0.4, -0.2) is 31.1 Å². The maximum atomic E-state index is 11.3. The van der Waals surface area contributed by atoms with E-state index in [1.807, 2.05) is 19.9 Å². The summed E-state index contributed by atoms with van der Waals surface area (Å²) < 4.78 is 16.0. The van der Waals surface area contributed by atoms with Gasteiger partial charge in [0.05, 0.1) is 13.2 Å². The first-order valence-electron chi connectivity index (χ1n) is 5.77. The van der Waals surface area contributed by atoms with E-state index in [0.717, 1.165) is 24.8 Å². The van der Waals surface area contributed by atoms with Crippen molar-refractivity contribution in [1.29, 1.82) is 0 Å². The number of ether oxygens (including phenoxy) is 3. The number of allylic oxidation sites excluding steroid dienone is 1. The number of carbonyl (C=O) groups is 1. The van der Waals surface area contributed by atoms with Gasteiger partial charge in [0.1, 0.15) is 6.10 Å². The van der Waals surface area contributed by atoms with Gasteiger partial charge in [-0.25, -0.2) is 4.79 Å². The van der Waals surface area contributed by atoms with E-state index in [-0.39, 0.29) is 12.1 Å². The van der Waals surface area contributed by atoms with Crippen LogP contribution in [-0.2, 0) is 19.0 Å². The van der Waals surface area contributed by atoms with Gasteiger partial charge in [-0.2, -0.15) is 0 Å². The Morgan fingerprint density at radius 2 is 2.12 bits per heavy atom. The van der Waals surface area contributed by atoms with E-state index < -0.39 is 5.79 Å². The van der Waals surface area contributed by atoms with Crippen molar-refractivity contribution in [2.24, 2.45) is 0 Å². The maximum Gasteiger partial charge on any atom is 0.334 e. The number of hydrogen-bond donors (Lipinski definition) is 0. The molecule has 2 aliphatic rings. The molecule has 0 aliphatic carbocycles. The lowest BCUT2D eigenvalue weighted by molar-refractivity contribution is -0.146. The highest BCUT2D eigenvalue weighted by Gasteiger charge is 2.30. The average molecular weight is 226 g/mol. The Kier molecular flexibility index (Phi) is 3.30. The fraction of sp³-hybridized carbons (Fsp3) is 0.750. The second-order valence-corrected chi connectivity index (χ2v) is 4.52. The van der Waals surface area contributed by atoms with Crippen molar-refractivity contribution in [1.82, 2.24) is 0 Å². The summed E-state index contributed by atoms with van der Waals surface area (Å²) in [5.41, 5.74) is 0.786. The third kappa shape index (κ3) is 2.62. The molecule has 0 aromatic heterocycles. The van der Waals surface area contributed by atoms with Crippen molar-refractivity contribution in [3.63, 3.8) is 0 Å². The molecule has 16 heavy (non-hydrogen) atoms. The van der Waals surface area contributed by atoms with E-state index in [0.29, 0.717) is 13.2 Å². The van der Waals surface area contributed by atoms with Crippen LogP contribution in [0.4, 0.5) is 0 Å². The molecule has 0 bridgehead atoms. The van der Waals surface area contributed by atoms with E-state index in [4.69, 9.17) is 14.2 Å². The zero-order valence-corrected chi connectivity index (χ0v) is 9.82. The molecule has 1 atom stereocenters. The van der Waals surface area contributed by atoms with Crippen LogP contribution in [0.5, 0.6) is 0 Å². The summed E-state index contributed by atoms with van der Waals surface area (Å²) in [7, 11) is 0. The molecule has 2 aliphatic heterocycles. The van der Waals surface area contributed by atoms with Crippen molar-refractivity contribution in [3.8, 4) is 0 Å². The SMILES string of the molecule is CC1C/C(=C\CCC2(C)OCCO2)C(=O)O1. The molecule has 1 unspecified atom stereocenters. The highest BCUT2D eigenvalue weighted by Crippen LogP contribution is 2.26. The molecule has 2 saturated heterocycles. The lowest BCUT2D eigenvalue weighted by Crippen LogP contribution is -2.24. The van der Waals surface area contributed by atoms with Crippen molar-refractivity contribution in [3.05, 3.63) is 11.6 Å². The zero-order valence-electron chi connectivity index (χ0n) is 9.82. The Morgan fingerprint density at radius 3 is 2.69 bits per heavy atom. The topological polar surface area (TPSA) is 44.8 Å². The second-order valence-electron chi connectivity index (χ2n) is 4.52. The molecule has 4 nitrogen and oxygen atoms in total. The van der Waals surface area contributed by atoms with Crippen LogP contribution in [0.2, 0.25) is 0 Å². The molecular formula is C12H18O4. The minimum absolute atomic E-state index is 0.0216. The maximum absolute atomic E-state index is 11.3. The lowest BCUT2D eigenvalue weighted by atomic mass is 10.1. The summed E-state index contributed by atoms with van der Waals surface area (Å²) in [5.74, 6) is -0.642. The van der Waals surface area contributed by atoms with Crippen molar-refractivity contribution in [2.75, 3.05) is 13.2 Å². The first kappa shape index (κ1) is 11.6. The standard InChI is InChI=1S/C12H18O4/c1-9-8-10(11(13)16-9)4-3-5-12(2)14-6-7-15-12/h4,9H,3,5-8H2,1-2H3/b10-4+. The molecule has 2 heterocycles. The molecule has 0 N–H and O–H groups in total. The van der Waals surface area contributed by atoms with Crippen LogP contribution < -0.4 is 0 Å². The van der Waals surface area contributed by atoms with Gasteiger partial charge < -0.3 is 14.2 Å². The molecule has 2 rings (SSSR count). The van der Waals surface area contributed by atoms with Gasteiger partial charge in [-0.15, -0.1) is 0 Å². The third-order valence-corrected chi connectivity index (χ3v) is 2.97. The first-order valence-corrected chi connectivity index (χ1v) is 5.77. The van der Waals surface area contributed by atoms with E-state index in [2.05, 4.69) is 0 Å². The summed E-state index contributed by atoms with van der Waals surface area (Å²) in [6.45, 7) is 5.16. The Bertz CT molecular complexity index is 302. The van der Waals surface area contributed by atoms with E-state index >= 15 is 0 Å². The van der Waals surface area contributed by atoms with Gasteiger partial charge in [0, 0.05) is 18.4 Å². The zero-order chi connectivity index (χ0) is 11.6. The highest BCUT2D eigenvalue weighted by atomic mass is 16.7. The van der Waals surface area contributed by atoms with Crippen molar-refractivity contribution < 1.29 is 19.0 Å². The highest BCUT2D eigenvalue weighted by molar-refractivity contribution is 5.90. The number of rotatable bonds is 3. The smallest absolute Gasteiger partial charge is 0.334 e. The number of cyclic esters (lactones) is 1. The Morgan fingerprint density at radius 1 is 1.44 bits per heavy atom. The number of carbonyl (C=O) groups excluding carboxylic acids is 1. The summed E-state index contributed by atoms with van der Waals surface area (Å²) in [6, 6.07) is 0. The fourth-order valence-electron chi connectivity index (χ4n) is 2.07. The van der Waals surface area contributed by atoms with Gasteiger partial charge in [0.2, 0.25) is 0 Å². The summed E-state index contributed by atoms with van der Waals surface area (Å²) in [5, 5.41) is 0. The Labute approximate surface area is 95.6 Å². The Balaban J connectivity index is 1.83. The summed E-state index contributed by atoms with van der Waals surface area (Å²) in [6.07, 6.45) is 4.25. The van der Waals surface area contributed by atoms with Crippen LogP contribution in [0.1, 0.15) is 33.1 Å². The molecule has 0 amide bonds. The molecule has 0 aromatic carbocycles. The average Bonchev–Trinajstić information content (AvgIpc) is 2.75. The van der Waals surface area contributed by atoms with Crippen LogP contribution in [0.15, 0.2) is 11.6 Å². The molecule has 90 valence electrons. The van der Waals surface area contributed by atoms with Crippen LogP contribution in [0, 0.1) is 0 Å². The first-order chi connectivity index (χ1) is 7.59. The minimum atomic E-state index is -0.467. The predicted octanol–water partition coefficient (Wildman–Crippen LogP) is 1.79. The Hall–Kier alpha value is -0.870. The molecule has 2 fully saturated rings. The van der Waals surface area contributed by atoms with Crippen LogP contribution in [0.25, 0.3) is 0 Å². The molecule has 4 heteroatoms. The molecule has 0 aromatic rings. The predicted molar refractivity (Wildman–Crippen MR) is 57.8 cm³/mol. The number of esters is 1. The van der Waals surface area contributed by atoms with E-state index in [1.54, 1.807) is 0 Å². The lowest BCUT2D eigenvalue weighted by Gasteiger charge is -2.21. The van der Waals surface area contributed by atoms with E-state index in [1.165, 1.54) is 0 Å². The van der Waals surface area contributed by atoms with Gasteiger partial charge in [-0.1, -0.05) is 6.08 Å². The summed E-state index contributed by atoms with van der Waals surface area (Å²) >= 11 is 0. The minimum Gasteiger partial charge on any atom is -0.459 e. The van der Waals surface area contributed by atoms with E-state index in [9.17, 15) is 4.79 Å². The van der Waals surface area contributed by atoms with Gasteiger partial charge in [0.25, 0.3) is 0 Å². The van der Waals surface area contributed by atoms with Gasteiger partial charge in [-0.05, 0) is 20.3 Å².